The minimum absolute atomic E-state index is 0.0438. The average Bonchev–Trinajstić information content (AvgIpc) is 2.63. The van der Waals surface area contributed by atoms with Crippen molar-refractivity contribution < 1.29 is 9.59 Å². The van der Waals surface area contributed by atoms with E-state index in [2.05, 4.69) is 0 Å². The highest BCUT2D eigenvalue weighted by Gasteiger charge is 2.39. The van der Waals surface area contributed by atoms with Gasteiger partial charge in [0.05, 0.1) is 0 Å². The van der Waals surface area contributed by atoms with E-state index in [0.29, 0.717) is 17.9 Å². The van der Waals surface area contributed by atoms with E-state index < -0.39 is 0 Å². The lowest BCUT2D eigenvalue weighted by molar-refractivity contribution is -0.119. The van der Waals surface area contributed by atoms with Gasteiger partial charge in [0, 0.05) is 40.7 Å². The van der Waals surface area contributed by atoms with Gasteiger partial charge in [-0.05, 0) is 49.6 Å². The topological polar surface area (TPSA) is 37.4 Å². The summed E-state index contributed by atoms with van der Waals surface area (Å²) in [6.45, 7) is 2.02. The van der Waals surface area contributed by atoms with Crippen molar-refractivity contribution in [3.8, 4) is 0 Å². The molecule has 0 fully saturated rings. The molecule has 0 radical (unpaired) electrons. The molecule has 0 aromatic heterocycles. The molecule has 2 aromatic carbocycles. The zero-order valence-corrected chi connectivity index (χ0v) is 15.4. The maximum atomic E-state index is 13.0. The smallest absolute Gasteiger partial charge is 0.232 e. The SMILES string of the molecule is Cc1ccc(N2C(=O)CC(c3ccc(Cl)cc3)C3=C2CCCC3=O)cc1. The van der Waals surface area contributed by atoms with Crippen molar-refractivity contribution in [2.75, 3.05) is 4.90 Å². The molecular formula is C22H20ClNO2. The van der Waals surface area contributed by atoms with Crippen molar-refractivity contribution in [3.63, 3.8) is 0 Å². The van der Waals surface area contributed by atoms with E-state index >= 15 is 0 Å². The summed E-state index contributed by atoms with van der Waals surface area (Å²) in [5.74, 6) is 0.0299. The van der Waals surface area contributed by atoms with Gasteiger partial charge in [-0.3, -0.25) is 14.5 Å². The van der Waals surface area contributed by atoms with Gasteiger partial charge in [0.15, 0.2) is 5.78 Å². The molecule has 0 N–H and O–H groups in total. The number of aryl methyl sites for hydroxylation is 1. The van der Waals surface area contributed by atoms with Crippen LogP contribution in [0.5, 0.6) is 0 Å². The fraction of sp³-hybridized carbons (Fsp3) is 0.273. The highest BCUT2D eigenvalue weighted by Crippen LogP contribution is 2.43. The van der Waals surface area contributed by atoms with Crippen LogP contribution >= 0.6 is 11.6 Å². The third-order valence-electron chi connectivity index (χ3n) is 5.24. The maximum Gasteiger partial charge on any atom is 0.232 e. The number of carbonyl (C=O) groups is 2. The van der Waals surface area contributed by atoms with Gasteiger partial charge in [-0.1, -0.05) is 41.4 Å². The maximum absolute atomic E-state index is 13.0. The van der Waals surface area contributed by atoms with Crippen molar-refractivity contribution >= 4 is 29.0 Å². The molecule has 2 aromatic rings. The molecule has 4 heteroatoms. The van der Waals surface area contributed by atoms with Crippen molar-refractivity contribution in [2.45, 2.75) is 38.5 Å². The van der Waals surface area contributed by atoms with Crippen LogP contribution in [0.3, 0.4) is 0 Å². The summed E-state index contributed by atoms with van der Waals surface area (Å²) >= 11 is 6.01. The normalized spacial score (nSPS) is 20.4. The van der Waals surface area contributed by atoms with Crippen LogP contribution < -0.4 is 4.90 Å². The largest absolute Gasteiger partial charge is 0.294 e. The number of halogens is 1. The Labute approximate surface area is 158 Å². The molecule has 0 bridgehead atoms. The summed E-state index contributed by atoms with van der Waals surface area (Å²) in [5, 5.41) is 0.654. The Morgan fingerprint density at radius 2 is 1.65 bits per heavy atom. The molecule has 26 heavy (non-hydrogen) atoms. The molecule has 4 rings (SSSR count). The van der Waals surface area contributed by atoms with Gasteiger partial charge in [0.2, 0.25) is 5.91 Å². The first kappa shape index (κ1) is 17.0. The van der Waals surface area contributed by atoms with Crippen molar-refractivity contribution in [1.29, 1.82) is 0 Å². The fourth-order valence-corrected chi connectivity index (χ4v) is 4.09. The number of hydrogen-bond acceptors (Lipinski definition) is 2. The fourth-order valence-electron chi connectivity index (χ4n) is 3.97. The lowest BCUT2D eigenvalue weighted by Crippen LogP contribution is -2.40. The highest BCUT2D eigenvalue weighted by molar-refractivity contribution is 6.30. The second kappa shape index (κ2) is 6.73. The van der Waals surface area contributed by atoms with E-state index in [0.717, 1.165) is 40.9 Å². The van der Waals surface area contributed by atoms with E-state index in [9.17, 15) is 9.59 Å². The Bertz CT molecular complexity index is 897. The summed E-state index contributed by atoms with van der Waals surface area (Å²) in [6, 6.07) is 15.4. The van der Waals surface area contributed by atoms with Gasteiger partial charge in [-0.25, -0.2) is 0 Å². The molecule has 1 amide bonds. The van der Waals surface area contributed by atoms with Gasteiger partial charge in [-0.15, -0.1) is 0 Å². The zero-order chi connectivity index (χ0) is 18.3. The Morgan fingerprint density at radius 3 is 2.35 bits per heavy atom. The van der Waals surface area contributed by atoms with Crippen LogP contribution in [-0.4, -0.2) is 11.7 Å². The second-order valence-corrected chi connectivity index (χ2v) is 7.45. The lowest BCUT2D eigenvalue weighted by atomic mass is 9.77. The summed E-state index contributed by atoms with van der Waals surface area (Å²) in [7, 11) is 0. The first-order valence-corrected chi connectivity index (χ1v) is 9.34. The van der Waals surface area contributed by atoms with Crippen LogP contribution in [0.25, 0.3) is 0 Å². The first-order valence-electron chi connectivity index (χ1n) is 8.96. The van der Waals surface area contributed by atoms with Crippen LogP contribution in [-0.2, 0) is 9.59 Å². The Hall–Kier alpha value is -2.39. The number of Topliss-reactive ketones (excluding diaryl/α,β-unsaturated/α-hetero) is 1. The number of nitrogens with zero attached hydrogens (tertiary/aromatic N) is 1. The summed E-state index contributed by atoms with van der Waals surface area (Å²) in [4.78, 5) is 27.6. The van der Waals surface area contributed by atoms with E-state index in [1.54, 1.807) is 4.90 Å². The molecule has 132 valence electrons. The second-order valence-electron chi connectivity index (χ2n) is 7.01. The first-order chi connectivity index (χ1) is 12.5. The third kappa shape index (κ3) is 2.97. The number of ketones is 1. The Kier molecular flexibility index (Phi) is 4.41. The molecule has 1 aliphatic carbocycles. The van der Waals surface area contributed by atoms with Crippen LogP contribution in [0, 0.1) is 6.92 Å². The number of hydrogen-bond donors (Lipinski definition) is 0. The molecule has 1 atom stereocenters. The lowest BCUT2D eigenvalue weighted by Gasteiger charge is -2.38. The average molecular weight is 366 g/mol. The minimum Gasteiger partial charge on any atom is -0.294 e. The summed E-state index contributed by atoms with van der Waals surface area (Å²) < 4.78 is 0. The minimum atomic E-state index is -0.177. The number of amides is 1. The number of carbonyl (C=O) groups excluding carboxylic acids is 2. The van der Waals surface area contributed by atoms with E-state index in [4.69, 9.17) is 11.6 Å². The molecule has 1 heterocycles. The molecule has 1 aliphatic heterocycles. The number of rotatable bonds is 2. The van der Waals surface area contributed by atoms with Crippen LogP contribution in [0.4, 0.5) is 5.69 Å². The predicted molar refractivity (Wildman–Crippen MR) is 103 cm³/mol. The Balaban J connectivity index is 1.84. The number of anilines is 1. The Morgan fingerprint density at radius 1 is 0.962 bits per heavy atom. The van der Waals surface area contributed by atoms with Crippen molar-refractivity contribution in [2.24, 2.45) is 0 Å². The summed E-state index contributed by atoms with van der Waals surface area (Å²) in [6.07, 6.45) is 2.41. The monoisotopic (exact) mass is 365 g/mol. The van der Waals surface area contributed by atoms with E-state index in [1.807, 2.05) is 55.5 Å². The zero-order valence-electron chi connectivity index (χ0n) is 14.7. The molecule has 0 saturated heterocycles. The molecule has 0 spiro atoms. The molecule has 2 aliphatic rings. The third-order valence-corrected chi connectivity index (χ3v) is 5.49. The van der Waals surface area contributed by atoms with Gasteiger partial charge < -0.3 is 0 Å². The van der Waals surface area contributed by atoms with Crippen LogP contribution in [0.15, 0.2) is 59.8 Å². The summed E-state index contributed by atoms with van der Waals surface area (Å²) in [5.41, 5.74) is 4.65. The van der Waals surface area contributed by atoms with Gasteiger partial charge in [0.1, 0.15) is 0 Å². The van der Waals surface area contributed by atoms with Crippen molar-refractivity contribution in [1.82, 2.24) is 0 Å². The van der Waals surface area contributed by atoms with E-state index in [-0.39, 0.29) is 17.6 Å². The number of allylic oxidation sites excluding steroid dienone is 2. The standard InChI is InChI=1S/C22H20ClNO2/c1-14-5-11-17(12-6-14)24-19-3-2-4-20(25)22(19)18(13-21(24)26)15-7-9-16(23)10-8-15/h5-12,18H,2-4,13H2,1H3. The molecular weight excluding hydrogens is 346 g/mol. The van der Waals surface area contributed by atoms with Crippen LogP contribution in [0.1, 0.15) is 42.7 Å². The number of benzene rings is 2. The molecule has 0 saturated carbocycles. The molecule has 3 nitrogen and oxygen atoms in total. The van der Waals surface area contributed by atoms with Crippen LogP contribution in [0.2, 0.25) is 5.02 Å². The van der Waals surface area contributed by atoms with Crippen molar-refractivity contribution in [3.05, 3.63) is 76.0 Å². The van der Waals surface area contributed by atoms with Gasteiger partial charge in [0.25, 0.3) is 0 Å². The predicted octanol–water partition coefficient (Wildman–Crippen LogP) is 5.18. The van der Waals surface area contributed by atoms with Gasteiger partial charge in [-0.2, -0.15) is 0 Å². The van der Waals surface area contributed by atoms with E-state index in [1.165, 1.54) is 0 Å². The quantitative estimate of drug-likeness (QED) is 0.735. The molecule has 1 unspecified atom stereocenters. The highest BCUT2D eigenvalue weighted by atomic mass is 35.5. The van der Waals surface area contributed by atoms with Gasteiger partial charge >= 0.3 is 0 Å².